The van der Waals surface area contributed by atoms with Crippen molar-refractivity contribution < 1.29 is 14.7 Å². The van der Waals surface area contributed by atoms with E-state index in [1.807, 2.05) is 26.8 Å². The molecule has 0 fully saturated rings. The first-order valence-corrected chi connectivity index (χ1v) is 6.89. The quantitative estimate of drug-likeness (QED) is 0.873. The van der Waals surface area contributed by atoms with Crippen molar-refractivity contribution in [3.05, 3.63) is 33.8 Å². The lowest BCUT2D eigenvalue weighted by Gasteiger charge is -2.16. The molecule has 0 aliphatic carbocycles. The molecule has 0 aliphatic heterocycles. The Kier molecular flexibility index (Phi) is 5.54. The summed E-state index contributed by atoms with van der Waals surface area (Å²) in [5.41, 5.74) is 1.56. The Labute approximate surface area is 121 Å². The highest BCUT2D eigenvalue weighted by Gasteiger charge is 2.22. The first-order chi connectivity index (χ1) is 8.82. The normalized spacial score (nSPS) is 12.3. The molecule has 0 saturated carbocycles. The van der Waals surface area contributed by atoms with Gasteiger partial charge in [0.1, 0.15) is 0 Å². The van der Waals surface area contributed by atoms with Crippen molar-refractivity contribution in [3.63, 3.8) is 0 Å². The Bertz CT molecular complexity index is 486. The molecule has 0 saturated heterocycles. The summed E-state index contributed by atoms with van der Waals surface area (Å²) in [7, 11) is 0. The maximum Gasteiger partial charge on any atom is 0.308 e. The van der Waals surface area contributed by atoms with Crippen LogP contribution < -0.4 is 5.32 Å². The smallest absolute Gasteiger partial charge is 0.308 e. The second-order valence-corrected chi connectivity index (χ2v) is 5.72. The number of nitrogens with one attached hydrogen (secondary N) is 1. The highest BCUT2D eigenvalue weighted by atomic mass is 79.9. The van der Waals surface area contributed by atoms with Gasteiger partial charge in [-0.1, -0.05) is 35.8 Å². The van der Waals surface area contributed by atoms with Crippen LogP contribution in [0.3, 0.4) is 0 Å². The molecule has 1 unspecified atom stereocenters. The minimum absolute atomic E-state index is 0.0254. The molecule has 104 valence electrons. The predicted molar refractivity (Wildman–Crippen MR) is 77.2 cm³/mol. The zero-order chi connectivity index (χ0) is 14.6. The molecule has 0 spiro atoms. The summed E-state index contributed by atoms with van der Waals surface area (Å²) in [6.07, 6.45) is 0. The van der Waals surface area contributed by atoms with Crippen LogP contribution in [-0.2, 0) is 4.79 Å². The van der Waals surface area contributed by atoms with E-state index in [9.17, 15) is 9.59 Å². The molecule has 0 bridgehead atoms. The molecule has 19 heavy (non-hydrogen) atoms. The van der Waals surface area contributed by atoms with E-state index in [0.717, 1.165) is 10.0 Å². The van der Waals surface area contributed by atoms with Crippen LogP contribution in [0.25, 0.3) is 0 Å². The van der Waals surface area contributed by atoms with Crippen LogP contribution in [0.15, 0.2) is 22.7 Å². The molecule has 0 radical (unpaired) electrons. The molecular formula is C14H18BrNO3. The number of hydrogen-bond donors (Lipinski definition) is 2. The van der Waals surface area contributed by atoms with Gasteiger partial charge in [0.25, 0.3) is 5.91 Å². The molecule has 1 amide bonds. The molecule has 4 nitrogen and oxygen atoms in total. The predicted octanol–water partition coefficient (Wildman–Crippen LogP) is 2.84. The fourth-order valence-electron chi connectivity index (χ4n) is 1.65. The maximum atomic E-state index is 11.9. The minimum atomic E-state index is -0.889. The first kappa shape index (κ1) is 15.7. The molecular weight excluding hydrogens is 310 g/mol. The Morgan fingerprint density at radius 1 is 1.37 bits per heavy atom. The van der Waals surface area contributed by atoms with E-state index in [1.54, 1.807) is 12.1 Å². The average molecular weight is 328 g/mol. The van der Waals surface area contributed by atoms with Gasteiger partial charge in [-0.15, -0.1) is 0 Å². The molecule has 0 aromatic heterocycles. The summed E-state index contributed by atoms with van der Waals surface area (Å²) in [5.74, 6) is -1.74. The van der Waals surface area contributed by atoms with Crippen molar-refractivity contribution in [2.45, 2.75) is 20.8 Å². The lowest BCUT2D eigenvalue weighted by molar-refractivity contribution is -0.142. The SMILES string of the molecule is Cc1ccc(C(=O)NCC(C(=O)O)C(C)C)cc1Br. The van der Waals surface area contributed by atoms with Crippen LogP contribution in [0.2, 0.25) is 0 Å². The lowest BCUT2D eigenvalue weighted by Crippen LogP contribution is -2.35. The van der Waals surface area contributed by atoms with Crippen molar-refractivity contribution in [2.24, 2.45) is 11.8 Å². The van der Waals surface area contributed by atoms with E-state index >= 15 is 0 Å². The third-order valence-corrected chi connectivity index (χ3v) is 3.89. The zero-order valence-corrected chi connectivity index (χ0v) is 12.8. The minimum Gasteiger partial charge on any atom is -0.481 e. The Morgan fingerprint density at radius 2 is 2.00 bits per heavy atom. The second-order valence-electron chi connectivity index (χ2n) is 4.86. The number of carboxylic acids is 1. The zero-order valence-electron chi connectivity index (χ0n) is 11.2. The third kappa shape index (κ3) is 4.35. The highest BCUT2D eigenvalue weighted by molar-refractivity contribution is 9.10. The van der Waals surface area contributed by atoms with Crippen LogP contribution in [-0.4, -0.2) is 23.5 Å². The van der Waals surface area contributed by atoms with Gasteiger partial charge in [-0.2, -0.15) is 0 Å². The number of rotatable bonds is 5. The van der Waals surface area contributed by atoms with Crippen LogP contribution in [0, 0.1) is 18.8 Å². The van der Waals surface area contributed by atoms with Crippen molar-refractivity contribution in [1.29, 1.82) is 0 Å². The number of aryl methyl sites for hydroxylation is 1. The fraction of sp³-hybridized carbons (Fsp3) is 0.429. The number of benzene rings is 1. The van der Waals surface area contributed by atoms with Crippen molar-refractivity contribution in [1.82, 2.24) is 5.32 Å². The molecule has 0 aliphatic rings. The molecule has 1 aromatic rings. The van der Waals surface area contributed by atoms with E-state index in [1.165, 1.54) is 0 Å². The monoisotopic (exact) mass is 327 g/mol. The first-order valence-electron chi connectivity index (χ1n) is 6.10. The summed E-state index contributed by atoms with van der Waals surface area (Å²) < 4.78 is 0.860. The van der Waals surface area contributed by atoms with Gasteiger partial charge in [-0.3, -0.25) is 9.59 Å². The fourth-order valence-corrected chi connectivity index (χ4v) is 2.03. The number of carboxylic acid groups (broad SMARTS) is 1. The molecule has 0 heterocycles. The van der Waals surface area contributed by atoms with Gasteiger partial charge in [0.15, 0.2) is 0 Å². The van der Waals surface area contributed by atoms with Crippen LogP contribution in [0.5, 0.6) is 0 Å². The van der Waals surface area contributed by atoms with Gasteiger partial charge in [0.2, 0.25) is 0 Å². The number of carbonyl (C=O) groups is 2. The summed E-state index contributed by atoms with van der Waals surface area (Å²) >= 11 is 3.37. The van der Waals surface area contributed by atoms with Gasteiger partial charge < -0.3 is 10.4 Å². The van der Waals surface area contributed by atoms with Gasteiger partial charge in [0.05, 0.1) is 5.92 Å². The van der Waals surface area contributed by atoms with Crippen LogP contribution in [0.4, 0.5) is 0 Å². The number of carbonyl (C=O) groups excluding carboxylic acids is 1. The van der Waals surface area contributed by atoms with Crippen molar-refractivity contribution in [2.75, 3.05) is 6.54 Å². The Hall–Kier alpha value is -1.36. The number of aliphatic carboxylic acids is 1. The largest absolute Gasteiger partial charge is 0.481 e. The number of hydrogen-bond acceptors (Lipinski definition) is 2. The van der Waals surface area contributed by atoms with Gasteiger partial charge in [0, 0.05) is 16.6 Å². The van der Waals surface area contributed by atoms with E-state index in [0.29, 0.717) is 5.56 Å². The van der Waals surface area contributed by atoms with Gasteiger partial charge in [-0.05, 0) is 30.5 Å². The second kappa shape index (κ2) is 6.70. The van der Waals surface area contributed by atoms with Crippen LogP contribution >= 0.6 is 15.9 Å². The standard InChI is InChI=1S/C14H18BrNO3/c1-8(2)11(14(18)19)7-16-13(17)10-5-4-9(3)12(15)6-10/h4-6,8,11H,7H2,1-3H3,(H,16,17)(H,18,19). The average Bonchev–Trinajstić information content (AvgIpc) is 2.31. The summed E-state index contributed by atoms with van der Waals surface area (Å²) in [4.78, 5) is 23.0. The molecule has 1 atom stereocenters. The van der Waals surface area contributed by atoms with Crippen LogP contribution in [0.1, 0.15) is 29.8 Å². The molecule has 1 rings (SSSR count). The van der Waals surface area contributed by atoms with Crippen molar-refractivity contribution >= 4 is 27.8 Å². The maximum absolute atomic E-state index is 11.9. The van der Waals surface area contributed by atoms with Gasteiger partial charge in [-0.25, -0.2) is 0 Å². The van der Waals surface area contributed by atoms with E-state index < -0.39 is 11.9 Å². The lowest BCUT2D eigenvalue weighted by atomic mass is 9.96. The van der Waals surface area contributed by atoms with E-state index in [-0.39, 0.29) is 18.4 Å². The number of halogens is 1. The van der Waals surface area contributed by atoms with Gasteiger partial charge >= 0.3 is 5.97 Å². The Balaban J connectivity index is 2.69. The topological polar surface area (TPSA) is 66.4 Å². The van der Waals surface area contributed by atoms with Crippen molar-refractivity contribution in [3.8, 4) is 0 Å². The third-order valence-electron chi connectivity index (χ3n) is 3.04. The summed E-state index contributed by atoms with van der Waals surface area (Å²) in [6, 6.07) is 5.30. The molecule has 2 N–H and O–H groups in total. The summed E-state index contributed by atoms with van der Waals surface area (Å²) in [6.45, 7) is 5.73. The number of amides is 1. The van der Waals surface area contributed by atoms with E-state index in [2.05, 4.69) is 21.2 Å². The summed E-state index contributed by atoms with van der Waals surface area (Å²) in [5, 5.41) is 11.7. The highest BCUT2D eigenvalue weighted by Crippen LogP contribution is 2.17. The Morgan fingerprint density at radius 3 is 2.47 bits per heavy atom. The van der Waals surface area contributed by atoms with E-state index in [4.69, 9.17) is 5.11 Å². The molecule has 5 heteroatoms. The molecule has 1 aromatic carbocycles.